The molecule has 0 fully saturated rings. The van der Waals surface area contributed by atoms with E-state index in [0.29, 0.717) is 27.2 Å². The van der Waals surface area contributed by atoms with E-state index in [2.05, 4.69) is 5.32 Å². The molecule has 36 heavy (non-hydrogen) atoms. The SMILES string of the molecule is CC(C)NC(=O)[C@@H](Cc1ccccc1)N(Cc1cccc(Cl)c1)C(=O)CSCc1ccc(Cl)c(Cl)c1. The first-order valence-electron chi connectivity index (χ1n) is 11.6. The van der Waals surface area contributed by atoms with Crippen molar-refractivity contribution >= 4 is 58.4 Å². The predicted octanol–water partition coefficient (Wildman–Crippen LogP) is 7.04. The predicted molar refractivity (Wildman–Crippen MR) is 152 cm³/mol. The molecule has 3 aromatic rings. The number of hydrogen-bond acceptors (Lipinski definition) is 3. The number of carbonyl (C=O) groups excluding carboxylic acids is 2. The van der Waals surface area contributed by atoms with Crippen LogP contribution in [0.4, 0.5) is 0 Å². The molecule has 0 bridgehead atoms. The van der Waals surface area contributed by atoms with Crippen LogP contribution in [0.1, 0.15) is 30.5 Å². The van der Waals surface area contributed by atoms with Crippen LogP contribution in [0.5, 0.6) is 0 Å². The summed E-state index contributed by atoms with van der Waals surface area (Å²) < 4.78 is 0. The van der Waals surface area contributed by atoms with Gasteiger partial charge in [-0.15, -0.1) is 11.8 Å². The van der Waals surface area contributed by atoms with Crippen LogP contribution in [-0.4, -0.2) is 34.6 Å². The van der Waals surface area contributed by atoms with Crippen LogP contribution in [0.2, 0.25) is 15.1 Å². The standard InChI is InChI=1S/C28H29Cl3N2O2S/c1-19(2)32-28(35)26(15-20-7-4-3-5-8-20)33(16-21-9-6-10-23(29)13-21)27(34)18-36-17-22-11-12-24(30)25(31)14-22/h3-14,19,26H,15-18H2,1-2H3,(H,32,35)/t26-/m1/s1. The molecule has 8 heteroatoms. The first-order chi connectivity index (χ1) is 17.2. The molecule has 0 aromatic heterocycles. The highest BCUT2D eigenvalue weighted by Crippen LogP contribution is 2.25. The van der Waals surface area contributed by atoms with Crippen molar-refractivity contribution in [2.75, 3.05) is 5.75 Å². The van der Waals surface area contributed by atoms with E-state index >= 15 is 0 Å². The van der Waals surface area contributed by atoms with Crippen molar-refractivity contribution in [2.45, 2.75) is 44.6 Å². The van der Waals surface area contributed by atoms with E-state index < -0.39 is 6.04 Å². The van der Waals surface area contributed by atoms with Gasteiger partial charge in [0.25, 0.3) is 0 Å². The Hall–Kier alpha value is -2.18. The van der Waals surface area contributed by atoms with Crippen molar-refractivity contribution in [1.29, 1.82) is 0 Å². The van der Waals surface area contributed by atoms with Crippen LogP contribution in [0.25, 0.3) is 0 Å². The Morgan fingerprint density at radius 3 is 2.25 bits per heavy atom. The molecule has 0 heterocycles. The van der Waals surface area contributed by atoms with E-state index in [0.717, 1.165) is 16.7 Å². The molecule has 1 atom stereocenters. The van der Waals surface area contributed by atoms with Crippen LogP contribution in [0, 0.1) is 0 Å². The van der Waals surface area contributed by atoms with Crippen molar-refractivity contribution in [3.63, 3.8) is 0 Å². The molecule has 0 saturated carbocycles. The molecule has 0 radical (unpaired) electrons. The molecule has 0 unspecified atom stereocenters. The molecule has 3 aromatic carbocycles. The van der Waals surface area contributed by atoms with E-state index in [4.69, 9.17) is 34.8 Å². The fourth-order valence-corrected chi connectivity index (χ4v) is 5.13. The number of carbonyl (C=O) groups is 2. The summed E-state index contributed by atoms with van der Waals surface area (Å²) in [6.45, 7) is 4.09. The molecule has 2 amide bonds. The van der Waals surface area contributed by atoms with Gasteiger partial charge in [-0.2, -0.15) is 0 Å². The number of nitrogens with zero attached hydrogens (tertiary/aromatic N) is 1. The first kappa shape index (κ1) is 28.4. The number of hydrogen-bond donors (Lipinski definition) is 1. The fourth-order valence-electron chi connectivity index (χ4n) is 3.74. The normalized spacial score (nSPS) is 11.8. The molecule has 4 nitrogen and oxygen atoms in total. The van der Waals surface area contributed by atoms with Crippen LogP contribution >= 0.6 is 46.6 Å². The van der Waals surface area contributed by atoms with Gasteiger partial charge in [-0.1, -0.05) is 83.3 Å². The zero-order valence-corrected chi connectivity index (χ0v) is 23.3. The molecule has 0 aliphatic heterocycles. The van der Waals surface area contributed by atoms with Gasteiger partial charge < -0.3 is 10.2 Å². The fraction of sp³-hybridized carbons (Fsp3) is 0.286. The summed E-state index contributed by atoms with van der Waals surface area (Å²) in [6, 6.07) is 21.8. The minimum absolute atomic E-state index is 0.0528. The van der Waals surface area contributed by atoms with Gasteiger partial charge in [-0.3, -0.25) is 9.59 Å². The Morgan fingerprint density at radius 2 is 1.58 bits per heavy atom. The molecule has 0 saturated heterocycles. The smallest absolute Gasteiger partial charge is 0.243 e. The number of nitrogens with one attached hydrogen (secondary N) is 1. The maximum atomic E-state index is 13.6. The maximum absolute atomic E-state index is 13.6. The summed E-state index contributed by atoms with van der Waals surface area (Å²) in [5.74, 6) is 0.495. The second kappa shape index (κ2) is 13.9. The summed E-state index contributed by atoms with van der Waals surface area (Å²) in [7, 11) is 0. The van der Waals surface area contributed by atoms with Gasteiger partial charge in [0, 0.05) is 29.8 Å². The largest absolute Gasteiger partial charge is 0.352 e. The van der Waals surface area contributed by atoms with Crippen molar-refractivity contribution in [2.24, 2.45) is 0 Å². The lowest BCUT2D eigenvalue weighted by atomic mass is 10.0. The molecule has 0 aliphatic carbocycles. The molecule has 0 spiro atoms. The van der Waals surface area contributed by atoms with Gasteiger partial charge in [0.1, 0.15) is 6.04 Å². The summed E-state index contributed by atoms with van der Waals surface area (Å²) in [5, 5.41) is 4.56. The van der Waals surface area contributed by atoms with Gasteiger partial charge in [-0.05, 0) is 54.8 Å². The van der Waals surface area contributed by atoms with Crippen LogP contribution in [-0.2, 0) is 28.3 Å². The van der Waals surface area contributed by atoms with Crippen molar-refractivity contribution < 1.29 is 9.59 Å². The second-order valence-electron chi connectivity index (χ2n) is 8.76. The molecule has 190 valence electrons. The number of rotatable bonds is 11. The van der Waals surface area contributed by atoms with Crippen LogP contribution in [0.15, 0.2) is 72.8 Å². The summed E-state index contributed by atoms with van der Waals surface area (Å²) in [4.78, 5) is 28.6. The third-order valence-corrected chi connectivity index (χ3v) is 7.38. The summed E-state index contributed by atoms with van der Waals surface area (Å²) >= 11 is 19.8. The lowest BCUT2D eigenvalue weighted by Crippen LogP contribution is -2.52. The Balaban J connectivity index is 1.84. The van der Waals surface area contributed by atoms with E-state index in [9.17, 15) is 9.59 Å². The van der Waals surface area contributed by atoms with Gasteiger partial charge in [0.2, 0.25) is 11.8 Å². The van der Waals surface area contributed by atoms with E-state index in [1.165, 1.54) is 11.8 Å². The quantitative estimate of drug-likeness (QED) is 0.272. The Kier molecular flexibility index (Phi) is 11.0. The second-order valence-corrected chi connectivity index (χ2v) is 11.0. The number of benzene rings is 3. The van der Waals surface area contributed by atoms with Crippen molar-refractivity contribution in [1.82, 2.24) is 10.2 Å². The first-order valence-corrected chi connectivity index (χ1v) is 13.9. The van der Waals surface area contributed by atoms with E-state index in [-0.39, 0.29) is 30.2 Å². The van der Waals surface area contributed by atoms with E-state index in [1.807, 2.05) is 68.4 Å². The topological polar surface area (TPSA) is 49.4 Å². The highest BCUT2D eigenvalue weighted by Gasteiger charge is 2.30. The van der Waals surface area contributed by atoms with Gasteiger partial charge in [0.15, 0.2) is 0 Å². The third-order valence-electron chi connectivity index (χ3n) is 5.42. The maximum Gasteiger partial charge on any atom is 0.243 e. The lowest BCUT2D eigenvalue weighted by Gasteiger charge is -2.32. The number of thioether (sulfide) groups is 1. The van der Waals surface area contributed by atoms with Crippen molar-refractivity contribution in [3.8, 4) is 0 Å². The van der Waals surface area contributed by atoms with Gasteiger partial charge in [0.05, 0.1) is 15.8 Å². The lowest BCUT2D eigenvalue weighted by molar-refractivity contribution is -0.139. The highest BCUT2D eigenvalue weighted by atomic mass is 35.5. The van der Waals surface area contributed by atoms with Crippen molar-refractivity contribution in [3.05, 3.63) is 105 Å². The molecule has 1 N–H and O–H groups in total. The third kappa shape index (κ3) is 8.74. The average molecular weight is 564 g/mol. The zero-order valence-electron chi connectivity index (χ0n) is 20.2. The Bertz CT molecular complexity index is 1170. The molecular weight excluding hydrogens is 535 g/mol. The molecular formula is C28H29Cl3N2O2S. The summed E-state index contributed by atoms with van der Waals surface area (Å²) in [6.07, 6.45) is 0.406. The van der Waals surface area contributed by atoms with Gasteiger partial charge in [-0.25, -0.2) is 0 Å². The Morgan fingerprint density at radius 1 is 0.861 bits per heavy atom. The Labute approximate surface area is 232 Å². The molecule has 3 rings (SSSR count). The minimum atomic E-state index is -0.674. The van der Waals surface area contributed by atoms with Crippen LogP contribution in [0.3, 0.4) is 0 Å². The number of halogens is 3. The van der Waals surface area contributed by atoms with Crippen LogP contribution < -0.4 is 5.32 Å². The number of amides is 2. The zero-order chi connectivity index (χ0) is 26.1. The highest BCUT2D eigenvalue weighted by molar-refractivity contribution is 7.99. The van der Waals surface area contributed by atoms with E-state index in [1.54, 1.807) is 23.1 Å². The molecule has 0 aliphatic rings. The monoisotopic (exact) mass is 562 g/mol. The average Bonchev–Trinajstić information content (AvgIpc) is 2.83. The van der Waals surface area contributed by atoms with Gasteiger partial charge >= 0.3 is 0 Å². The summed E-state index contributed by atoms with van der Waals surface area (Å²) in [5.41, 5.74) is 2.82. The minimum Gasteiger partial charge on any atom is -0.352 e.